The zero-order chi connectivity index (χ0) is 18.4. The molecule has 0 unspecified atom stereocenters. The molecule has 1 saturated heterocycles. The highest BCUT2D eigenvalue weighted by Crippen LogP contribution is 2.11. The standard InChI is InChI=1S/C19H29N3O3/c1-19(2,3)25-18(24)20(4)15-17(23)22-12-10-21(11-13-22)14-16-8-6-5-7-9-16/h5-9H,10-15H2,1-4H3. The minimum Gasteiger partial charge on any atom is -0.444 e. The van der Waals surface area contributed by atoms with Crippen molar-refractivity contribution in [2.75, 3.05) is 39.8 Å². The van der Waals surface area contributed by atoms with E-state index in [4.69, 9.17) is 4.74 Å². The molecule has 1 fully saturated rings. The average Bonchev–Trinajstić information content (AvgIpc) is 2.54. The van der Waals surface area contributed by atoms with Crippen molar-refractivity contribution in [3.63, 3.8) is 0 Å². The van der Waals surface area contributed by atoms with Crippen LogP contribution in [0, 0.1) is 0 Å². The summed E-state index contributed by atoms with van der Waals surface area (Å²) in [5.74, 6) is -0.0345. The molecule has 2 amide bonds. The van der Waals surface area contributed by atoms with Crippen LogP contribution in [-0.2, 0) is 16.1 Å². The number of ether oxygens (including phenoxy) is 1. The Bertz CT molecular complexity index is 575. The molecule has 0 N–H and O–H groups in total. The number of carbonyl (C=O) groups is 2. The third-order valence-corrected chi connectivity index (χ3v) is 4.05. The van der Waals surface area contributed by atoms with Gasteiger partial charge < -0.3 is 14.5 Å². The van der Waals surface area contributed by atoms with Gasteiger partial charge in [-0.05, 0) is 26.3 Å². The number of hydrogen-bond donors (Lipinski definition) is 0. The molecular formula is C19H29N3O3. The molecule has 0 saturated carbocycles. The number of carbonyl (C=O) groups excluding carboxylic acids is 2. The summed E-state index contributed by atoms with van der Waals surface area (Å²) >= 11 is 0. The second-order valence-electron chi connectivity index (χ2n) is 7.48. The van der Waals surface area contributed by atoms with Crippen LogP contribution in [-0.4, -0.2) is 72.1 Å². The predicted octanol–water partition coefficient (Wildman–Crippen LogP) is 2.20. The summed E-state index contributed by atoms with van der Waals surface area (Å²) in [7, 11) is 1.59. The zero-order valence-corrected chi connectivity index (χ0v) is 15.7. The van der Waals surface area contributed by atoms with Gasteiger partial charge in [0, 0.05) is 39.8 Å². The molecule has 1 aliphatic rings. The normalized spacial score (nSPS) is 15.8. The number of benzene rings is 1. The summed E-state index contributed by atoms with van der Waals surface area (Å²) in [6.07, 6.45) is -0.469. The lowest BCUT2D eigenvalue weighted by atomic mass is 10.2. The molecule has 25 heavy (non-hydrogen) atoms. The average molecular weight is 347 g/mol. The zero-order valence-electron chi connectivity index (χ0n) is 15.7. The number of rotatable bonds is 4. The van der Waals surface area contributed by atoms with Crippen molar-refractivity contribution in [3.05, 3.63) is 35.9 Å². The largest absolute Gasteiger partial charge is 0.444 e. The molecule has 0 aliphatic carbocycles. The third-order valence-electron chi connectivity index (χ3n) is 4.05. The maximum atomic E-state index is 12.4. The van der Waals surface area contributed by atoms with Gasteiger partial charge in [-0.3, -0.25) is 9.69 Å². The number of piperazine rings is 1. The lowest BCUT2D eigenvalue weighted by Crippen LogP contribution is -2.51. The molecule has 1 aromatic rings. The van der Waals surface area contributed by atoms with Gasteiger partial charge in [0.15, 0.2) is 0 Å². The van der Waals surface area contributed by atoms with E-state index in [2.05, 4.69) is 17.0 Å². The van der Waals surface area contributed by atoms with Crippen LogP contribution in [0.4, 0.5) is 4.79 Å². The first-order valence-corrected chi connectivity index (χ1v) is 8.73. The summed E-state index contributed by atoms with van der Waals surface area (Å²) in [5.41, 5.74) is 0.726. The van der Waals surface area contributed by atoms with E-state index in [0.29, 0.717) is 13.1 Å². The number of hydrogen-bond acceptors (Lipinski definition) is 4. The topological polar surface area (TPSA) is 53.1 Å². The van der Waals surface area contributed by atoms with E-state index in [9.17, 15) is 9.59 Å². The molecule has 6 nitrogen and oxygen atoms in total. The van der Waals surface area contributed by atoms with Gasteiger partial charge in [0.1, 0.15) is 12.1 Å². The molecular weight excluding hydrogens is 318 g/mol. The van der Waals surface area contributed by atoms with Crippen molar-refractivity contribution in [1.29, 1.82) is 0 Å². The smallest absolute Gasteiger partial charge is 0.410 e. The van der Waals surface area contributed by atoms with Crippen molar-refractivity contribution >= 4 is 12.0 Å². The van der Waals surface area contributed by atoms with E-state index in [0.717, 1.165) is 19.6 Å². The third kappa shape index (κ3) is 6.38. The van der Waals surface area contributed by atoms with E-state index in [1.165, 1.54) is 10.5 Å². The van der Waals surface area contributed by atoms with Gasteiger partial charge in [0.25, 0.3) is 0 Å². The van der Waals surface area contributed by atoms with Crippen LogP contribution in [0.5, 0.6) is 0 Å². The van der Waals surface area contributed by atoms with Gasteiger partial charge in [-0.2, -0.15) is 0 Å². The lowest BCUT2D eigenvalue weighted by molar-refractivity contribution is -0.133. The molecule has 2 rings (SSSR count). The second kappa shape index (κ2) is 8.34. The summed E-state index contributed by atoms with van der Waals surface area (Å²) < 4.78 is 5.28. The summed E-state index contributed by atoms with van der Waals surface area (Å²) in [6, 6.07) is 10.3. The summed E-state index contributed by atoms with van der Waals surface area (Å²) in [5, 5.41) is 0. The van der Waals surface area contributed by atoms with Crippen molar-refractivity contribution in [2.45, 2.75) is 32.9 Å². The monoisotopic (exact) mass is 347 g/mol. The SMILES string of the molecule is CN(CC(=O)N1CCN(Cc2ccccc2)CC1)C(=O)OC(C)(C)C. The van der Waals surface area contributed by atoms with Crippen LogP contribution in [0.2, 0.25) is 0 Å². The van der Waals surface area contributed by atoms with Crippen molar-refractivity contribution in [1.82, 2.24) is 14.7 Å². The van der Waals surface area contributed by atoms with E-state index in [1.807, 2.05) is 43.9 Å². The van der Waals surface area contributed by atoms with E-state index < -0.39 is 11.7 Å². The summed E-state index contributed by atoms with van der Waals surface area (Å²) in [4.78, 5) is 29.9. The first-order valence-electron chi connectivity index (χ1n) is 8.73. The Labute approximate surface area is 150 Å². The molecule has 0 spiro atoms. The Kier molecular flexibility index (Phi) is 6.42. The fourth-order valence-corrected chi connectivity index (χ4v) is 2.70. The first kappa shape index (κ1) is 19.2. The Morgan fingerprint density at radius 3 is 2.24 bits per heavy atom. The second-order valence-corrected chi connectivity index (χ2v) is 7.48. The Morgan fingerprint density at radius 2 is 1.68 bits per heavy atom. The maximum Gasteiger partial charge on any atom is 0.410 e. The Balaban J connectivity index is 1.76. The molecule has 1 aromatic carbocycles. The van der Waals surface area contributed by atoms with Gasteiger partial charge in [-0.1, -0.05) is 30.3 Å². The first-order chi connectivity index (χ1) is 11.7. The Hall–Kier alpha value is -2.08. The van der Waals surface area contributed by atoms with Crippen molar-refractivity contribution in [2.24, 2.45) is 0 Å². The fourth-order valence-electron chi connectivity index (χ4n) is 2.70. The molecule has 0 atom stereocenters. The molecule has 0 radical (unpaired) electrons. The van der Waals surface area contributed by atoms with Gasteiger partial charge >= 0.3 is 6.09 Å². The van der Waals surface area contributed by atoms with Crippen LogP contribution < -0.4 is 0 Å². The van der Waals surface area contributed by atoms with Gasteiger partial charge in [-0.25, -0.2) is 4.79 Å². The highest BCUT2D eigenvalue weighted by Gasteiger charge is 2.25. The highest BCUT2D eigenvalue weighted by molar-refractivity contribution is 5.82. The Morgan fingerprint density at radius 1 is 1.08 bits per heavy atom. The van der Waals surface area contributed by atoms with Crippen molar-refractivity contribution in [3.8, 4) is 0 Å². The molecule has 1 heterocycles. The van der Waals surface area contributed by atoms with Crippen molar-refractivity contribution < 1.29 is 14.3 Å². The molecule has 0 aromatic heterocycles. The molecule has 138 valence electrons. The lowest BCUT2D eigenvalue weighted by Gasteiger charge is -2.35. The van der Waals surface area contributed by atoms with Crippen LogP contribution >= 0.6 is 0 Å². The fraction of sp³-hybridized carbons (Fsp3) is 0.579. The van der Waals surface area contributed by atoms with E-state index >= 15 is 0 Å². The van der Waals surface area contributed by atoms with Crippen LogP contribution in [0.25, 0.3) is 0 Å². The molecule has 0 bridgehead atoms. The predicted molar refractivity (Wildman–Crippen MR) is 97.2 cm³/mol. The molecule has 6 heteroatoms. The number of nitrogens with zero attached hydrogens (tertiary/aromatic N) is 3. The minimum absolute atomic E-state index is 0.0345. The van der Waals surface area contributed by atoms with E-state index in [1.54, 1.807) is 7.05 Å². The van der Waals surface area contributed by atoms with Crippen LogP contribution in [0.15, 0.2) is 30.3 Å². The van der Waals surface area contributed by atoms with Gasteiger partial charge in [-0.15, -0.1) is 0 Å². The van der Waals surface area contributed by atoms with E-state index in [-0.39, 0.29) is 12.5 Å². The number of likely N-dealkylation sites (N-methyl/N-ethyl adjacent to an activating group) is 1. The summed E-state index contributed by atoms with van der Waals surface area (Å²) in [6.45, 7) is 9.45. The minimum atomic E-state index is -0.558. The number of amides is 2. The maximum absolute atomic E-state index is 12.4. The van der Waals surface area contributed by atoms with Crippen LogP contribution in [0.1, 0.15) is 26.3 Å². The van der Waals surface area contributed by atoms with Gasteiger partial charge in [0.05, 0.1) is 0 Å². The van der Waals surface area contributed by atoms with Gasteiger partial charge in [0.2, 0.25) is 5.91 Å². The molecule has 1 aliphatic heterocycles. The van der Waals surface area contributed by atoms with Crippen LogP contribution in [0.3, 0.4) is 0 Å². The quantitative estimate of drug-likeness (QED) is 0.838. The highest BCUT2D eigenvalue weighted by atomic mass is 16.6.